The lowest BCUT2D eigenvalue weighted by Crippen LogP contribution is -2.27. The summed E-state index contributed by atoms with van der Waals surface area (Å²) in [4.78, 5) is 25.2. The molecule has 4 aromatic rings. The molecule has 1 aromatic heterocycles. The van der Waals surface area contributed by atoms with E-state index in [0.717, 1.165) is 22.0 Å². The lowest BCUT2D eigenvalue weighted by Gasteiger charge is -2.14. The van der Waals surface area contributed by atoms with Gasteiger partial charge >= 0.3 is 5.97 Å². The third-order valence-corrected chi connectivity index (χ3v) is 6.22. The molecule has 34 heavy (non-hydrogen) atoms. The normalized spacial score (nSPS) is 11.2. The molecule has 0 aliphatic heterocycles. The van der Waals surface area contributed by atoms with Crippen molar-refractivity contribution in [1.82, 2.24) is 9.88 Å². The highest BCUT2D eigenvalue weighted by Crippen LogP contribution is 2.28. The van der Waals surface area contributed by atoms with Crippen LogP contribution in [-0.4, -0.2) is 21.6 Å². The van der Waals surface area contributed by atoms with E-state index in [9.17, 15) is 14.7 Å². The number of para-hydroxylation sites is 1. The van der Waals surface area contributed by atoms with Crippen LogP contribution in [0.25, 0.3) is 10.9 Å². The topological polar surface area (TPSA) is 71.3 Å². The quantitative estimate of drug-likeness (QED) is 0.328. The fraction of sp³-hybridized carbons (Fsp3) is 0.214. The standard InChI is InChI=1S/C28H27ClN2O3/c1-18(2)21-11-7-20(8-12-21)17-31-25-6-4-3-5-23(25)24(15-26(32)33)27(31)28(34)30-16-19-9-13-22(29)14-10-19/h3-14,18H,15-17H2,1-2H3,(H,30,34)(H,32,33). The molecule has 0 fully saturated rings. The molecular formula is C28H27ClN2O3. The maximum atomic E-state index is 13.5. The Labute approximate surface area is 204 Å². The molecule has 4 rings (SSSR count). The van der Waals surface area contributed by atoms with E-state index in [-0.39, 0.29) is 12.3 Å². The zero-order chi connectivity index (χ0) is 24.2. The van der Waals surface area contributed by atoms with Crippen LogP contribution in [0.1, 0.15) is 52.5 Å². The van der Waals surface area contributed by atoms with Crippen LogP contribution in [0.5, 0.6) is 0 Å². The molecule has 2 N–H and O–H groups in total. The summed E-state index contributed by atoms with van der Waals surface area (Å²) in [5.41, 5.74) is 4.93. The van der Waals surface area contributed by atoms with Gasteiger partial charge in [-0.15, -0.1) is 0 Å². The molecule has 0 aliphatic carbocycles. The molecule has 0 unspecified atom stereocenters. The van der Waals surface area contributed by atoms with Crippen molar-refractivity contribution < 1.29 is 14.7 Å². The van der Waals surface area contributed by atoms with E-state index in [4.69, 9.17) is 11.6 Å². The smallest absolute Gasteiger partial charge is 0.307 e. The minimum atomic E-state index is -0.976. The number of hydrogen-bond acceptors (Lipinski definition) is 2. The Balaban J connectivity index is 1.74. The van der Waals surface area contributed by atoms with Crippen molar-refractivity contribution in [2.75, 3.05) is 0 Å². The maximum absolute atomic E-state index is 13.5. The molecule has 0 bridgehead atoms. The van der Waals surface area contributed by atoms with E-state index in [1.807, 2.05) is 41.0 Å². The number of aromatic nitrogens is 1. The third kappa shape index (κ3) is 5.15. The van der Waals surface area contributed by atoms with Crippen molar-refractivity contribution >= 4 is 34.4 Å². The van der Waals surface area contributed by atoms with Crippen LogP contribution in [-0.2, 0) is 24.3 Å². The van der Waals surface area contributed by atoms with Gasteiger partial charge < -0.3 is 15.0 Å². The molecule has 0 saturated heterocycles. The summed E-state index contributed by atoms with van der Waals surface area (Å²) in [5.74, 6) is -0.852. The third-order valence-electron chi connectivity index (χ3n) is 5.97. The number of nitrogens with zero attached hydrogens (tertiary/aromatic N) is 1. The van der Waals surface area contributed by atoms with Crippen molar-refractivity contribution in [3.8, 4) is 0 Å². The lowest BCUT2D eigenvalue weighted by atomic mass is 10.0. The average molecular weight is 475 g/mol. The van der Waals surface area contributed by atoms with Gasteiger partial charge in [0, 0.05) is 34.6 Å². The highest BCUT2D eigenvalue weighted by molar-refractivity contribution is 6.30. The monoisotopic (exact) mass is 474 g/mol. The number of amides is 1. The largest absolute Gasteiger partial charge is 0.481 e. The van der Waals surface area contributed by atoms with Crippen LogP contribution in [0.15, 0.2) is 72.8 Å². The summed E-state index contributed by atoms with van der Waals surface area (Å²) in [5, 5.41) is 14.0. The van der Waals surface area contributed by atoms with E-state index in [1.54, 1.807) is 12.1 Å². The first-order chi connectivity index (χ1) is 16.3. The molecule has 0 saturated carbocycles. The first kappa shape index (κ1) is 23.6. The van der Waals surface area contributed by atoms with Crippen molar-refractivity contribution in [3.63, 3.8) is 0 Å². The number of carbonyl (C=O) groups excluding carboxylic acids is 1. The number of aliphatic carboxylic acids is 1. The number of hydrogen-bond donors (Lipinski definition) is 2. The Hall–Kier alpha value is -3.57. The number of carbonyl (C=O) groups is 2. The van der Waals surface area contributed by atoms with Gasteiger partial charge in [-0.1, -0.05) is 80.0 Å². The molecule has 0 spiro atoms. The number of benzene rings is 3. The van der Waals surface area contributed by atoms with Gasteiger partial charge in [0.2, 0.25) is 0 Å². The van der Waals surface area contributed by atoms with E-state index >= 15 is 0 Å². The van der Waals surface area contributed by atoms with Crippen molar-refractivity contribution in [2.45, 2.75) is 39.3 Å². The Morgan fingerprint density at radius 3 is 2.24 bits per heavy atom. The summed E-state index contributed by atoms with van der Waals surface area (Å²) in [7, 11) is 0. The number of rotatable bonds is 8. The van der Waals surface area contributed by atoms with Gasteiger partial charge in [-0.2, -0.15) is 0 Å². The van der Waals surface area contributed by atoms with E-state index in [0.29, 0.717) is 35.3 Å². The predicted octanol–water partition coefficient (Wildman–Crippen LogP) is 6.02. The van der Waals surface area contributed by atoms with Crippen molar-refractivity contribution in [1.29, 1.82) is 0 Å². The Kier molecular flexibility index (Phi) is 7.03. The SMILES string of the molecule is CC(C)c1ccc(Cn2c(C(=O)NCc3ccc(Cl)cc3)c(CC(=O)O)c3ccccc32)cc1. The molecule has 0 atom stereocenters. The first-order valence-corrected chi connectivity index (χ1v) is 11.6. The number of halogens is 1. The summed E-state index contributed by atoms with van der Waals surface area (Å²) in [6.07, 6.45) is -0.233. The maximum Gasteiger partial charge on any atom is 0.307 e. The fourth-order valence-corrected chi connectivity index (χ4v) is 4.31. The van der Waals surface area contributed by atoms with Gasteiger partial charge in [0.05, 0.1) is 6.42 Å². The summed E-state index contributed by atoms with van der Waals surface area (Å²) >= 11 is 5.96. The summed E-state index contributed by atoms with van der Waals surface area (Å²) in [6.45, 7) is 5.07. The molecule has 3 aromatic carbocycles. The molecule has 6 heteroatoms. The number of nitrogens with one attached hydrogen (secondary N) is 1. The van der Waals surface area contributed by atoms with Crippen LogP contribution in [0.2, 0.25) is 5.02 Å². The van der Waals surface area contributed by atoms with E-state index in [1.165, 1.54) is 5.56 Å². The highest BCUT2D eigenvalue weighted by atomic mass is 35.5. The predicted molar refractivity (Wildman–Crippen MR) is 136 cm³/mol. The first-order valence-electron chi connectivity index (χ1n) is 11.3. The summed E-state index contributed by atoms with van der Waals surface area (Å²) in [6, 6.07) is 23.2. The van der Waals surface area contributed by atoms with Gasteiger partial charge in [0.25, 0.3) is 5.91 Å². The van der Waals surface area contributed by atoms with E-state index in [2.05, 4.69) is 43.4 Å². The highest BCUT2D eigenvalue weighted by Gasteiger charge is 2.24. The second kappa shape index (κ2) is 10.1. The van der Waals surface area contributed by atoms with Crippen molar-refractivity contribution in [3.05, 3.63) is 106 Å². The van der Waals surface area contributed by atoms with Crippen LogP contribution < -0.4 is 5.32 Å². The summed E-state index contributed by atoms with van der Waals surface area (Å²) < 4.78 is 1.93. The molecule has 1 amide bonds. The van der Waals surface area contributed by atoms with Gasteiger partial charge in [-0.05, 0) is 40.8 Å². The molecule has 0 aliphatic rings. The molecule has 1 heterocycles. The minimum Gasteiger partial charge on any atom is -0.481 e. The van der Waals surface area contributed by atoms with Crippen molar-refractivity contribution in [2.24, 2.45) is 0 Å². The average Bonchev–Trinajstić information content (AvgIpc) is 3.11. The van der Waals surface area contributed by atoms with Gasteiger partial charge in [-0.3, -0.25) is 9.59 Å². The number of fused-ring (bicyclic) bond motifs is 1. The van der Waals surface area contributed by atoms with Crippen LogP contribution in [0, 0.1) is 0 Å². The Morgan fingerprint density at radius 2 is 1.59 bits per heavy atom. The van der Waals surface area contributed by atoms with E-state index < -0.39 is 5.97 Å². The van der Waals surface area contributed by atoms with Gasteiger partial charge in [0.1, 0.15) is 5.69 Å². The molecule has 0 radical (unpaired) electrons. The zero-order valence-corrected chi connectivity index (χ0v) is 20.0. The second-order valence-corrected chi connectivity index (χ2v) is 9.14. The number of carboxylic acids is 1. The van der Waals surface area contributed by atoms with Crippen LogP contribution in [0.4, 0.5) is 0 Å². The lowest BCUT2D eigenvalue weighted by molar-refractivity contribution is -0.136. The molecule has 174 valence electrons. The fourth-order valence-electron chi connectivity index (χ4n) is 4.19. The Morgan fingerprint density at radius 1 is 0.941 bits per heavy atom. The van der Waals surface area contributed by atoms with Crippen LogP contribution >= 0.6 is 11.6 Å². The zero-order valence-electron chi connectivity index (χ0n) is 19.2. The molecular weight excluding hydrogens is 448 g/mol. The van der Waals surface area contributed by atoms with Gasteiger partial charge in [0.15, 0.2) is 0 Å². The van der Waals surface area contributed by atoms with Crippen LogP contribution in [0.3, 0.4) is 0 Å². The Bertz CT molecular complexity index is 1320. The number of carboxylic acid groups (broad SMARTS) is 1. The molecule has 5 nitrogen and oxygen atoms in total. The van der Waals surface area contributed by atoms with Gasteiger partial charge in [-0.25, -0.2) is 0 Å². The second-order valence-electron chi connectivity index (χ2n) is 8.71. The minimum absolute atomic E-state index is 0.233.